The SMILES string of the molecule is Cc1ccccc1N1C(c2ccccc2)N2c3ccccc3C(C)(c3ccccc3)C2[C@@H]1C. The van der Waals surface area contributed by atoms with Crippen LogP contribution in [-0.2, 0) is 5.41 Å². The summed E-state index contributed by atoms with van der Waals surface area (Å²) in [5.74, 6) is 0. The van der Waals surface area contributed by atoms with Crippen molar-refractivity contribution < 1.29 is 0 Å². The molecular weight excluding hydrogens is 400 g/mol. The number of hydrogen-bond acceptors (Lipinski definition) is 2. The molecule has 2 nitrogen and oxygen atoms in total. The smallest absolute Gasteiger partial charge is 0.129 e. The Labute approximate surface area is 197 Å². The molecule has 2 heteroatoms. The van der Waals surface area contributed by atoms with Crippen molar-refractivity contribution in [3.05, 3.63) is 131 Å². The number of benzene rings is 4. The van der Waals surface area contributed by atoms with Crippen LogP contribution in [0.15, 0.2) is 109 Å². The lowest BCUT2D eigenvalue weighted by Crippen LogP contribution is -2.46. The van der Waals surface area contributed by atoms with Gasteiger partial charge in [0.25, 0.3) is 0 Å². The molecule has 0 aromatic heterocycles. The zero-order chi connectivity index (χ0) is 22.6. The quantitative estimate of drug-likeness (QED) is 0.342. The van der Waals surface area contributed by atoms with E-state index in [9.17, 15) is 0 Å². The summed E-state index contributed by atoms with van der Waals surface area (Å²) in [7, 11) is 0. The van der Waals surface area contributed by atoms with E-state index in [4.69, 9.17) is 0 Å². The van der Waals surface area contributed by atoms with Crippen molar-refractivity contribution in [2.45, 2.75) is 44.4 Å². The number of hydrogen-bond donors (Lipinski definition) is 0. The minimum Gasteiger partial charge on any atom is -0.342 e. The first-order valence-corrected chi connectivity index (χ1v) is 11.9. The van der Waals surface area contributed by atoms with E-state index in [1.165, 1.54) is 33.6 Å². The number of anilines is 2. The molecule has 4 aromatic rings. The van der Waals surface area contributed by atoms with Crippen molar-refractivity contribution in [1.82, 2.24) is 0 Å². The van der Waals surface area contributed by atoms with Crippen LogP contribution in [0.2, 0.25) is 0 Å². The molecule has 0 aliphatic carbocycles. The molecule has 0 radical (unpaired) electrons. The van der Waals surface area contributed by atoms with Crippen LogP contribution < -0.4 is 9.80 Å². The van der Waals surface area contributed by atoms with Crippen LogP contribution in [0.25, 0.3) is 0 Å². The highest BCUT2D eigenvalue weighted by molar-refractivity contribution is 5.74. The molecule has 2 aliphatic rings. The highest BCUT2D eigenvalue weighted by atomic mass is 15.5. The van der Waals surface area contributed by atoms with Crippen molar-refractivity contribution in [1.29, 1.82) is 0 Å². The Balaban J connectivity index is 1.63. The van der Waals surface area contributed by atoms with Gasteiger partial charge >= 0.3 is 0 Å². The molecule has 4 atom stereocenters. The van der Waals surface area contributed by atoms with Crippen LogP contribution in [0.5, 0.6) is 0 Å². The summed E-state index contributed by atoms with van der Waals surface area (Å²) in [6, 6.07) is 40.6. The second-order valence-corrected chi connectivity index (χ2v) is 9.66. The summed E-state index contributed by atoms with van der Waals surface area (Å²) in [5, 5.41) is 0. The summed E-state index contributed by atoms with van der Waals surface area (Å²) in [6.45, 7) is 7.10. The van der Waals surface area contributed by atoms with Gasteiger partial charge in [-0.3, -0.25) is 0 Å². The summed E-state index contributed by atoms with van der Waals surface area (Å²) in [6.07, 6.45) is 0.138. The molecule has 2 aliphatic heterocycles. The van der Waals surface area contributed by atoms with Gasteiger partial charge in [0, 0.05) is 16.8 Å². The third-order valence-electron chi connectivity index (χ3n) is 7.92. The first-order chi connectivity index (χ1) is 16.1. The number of para-hydroxylation sites is 2. The summed E-state index contributed by atoms with van der Waals surface area (Å²) >= 11 is 0. The third-order valence-corrected chi connectivity index (χ3v) is 7.92. The maximum Gasteiger partial charge on any atom is 0.129 e. The molecule has 0 amide bonds. The van der Waals surface area contributed by atoms with Gasteiger partial charge < -0.3 is 9.80 Å². The Morgan fingerprint density at radius 3 is 1.91 bits per heavy atom. The van der Waals surface area contributed by atoms with Crippen LogP contribution in [0.3, 0.4) is 0 Å². The van der Waals surface area contributed by atoms with Crippen molar-refractivity contribution in [2.75, 3.05) is 9.80 Å². The summed E-state index contributed by atoms with van der Waals surface area (Å²) in [5.41, 5.74) is 8.03. The van der Waals surface area contributed by atoms with Gasteiger partial charge in [-0.2, -0.15) is 0 Å². The first kappa shape index (κ1) is 20.1. The molecule has 0 saturated carbocycles. The minimum atomic E-state index is -0.109. The van der Waals surface area contributed by atoms with Gasteiger partial charge in [0.1, 0.15) is 6.17 Å². The van der Waals surface area contributed by atoms with E-state index < -0.39 is 0 Å². The van der Waals surface area contributed by atoms with E-state index >= 15 is 0 Å². The Morgan fingerprint density at radius 1 is 0.636 bits per heavy atom. The van der Waals surface area contributed by atoms with Crippen LogP contribution in [0.1, 0.15) is 42.3 Å². The predicted molar refractivity (Wildman–Crippen MR) is 138 cm³/mol. The van der Waals surface area contributed by atoms with Gasteiger partial charge in [0.15, 0.2) is 0 Å². The van der Waals surface area contributed by atoms with Crippen LogP contribution in [0, 0.1) is 6.92 Å². The molecule has 33 heavy (non-hydrogen) atoms. The first-order valence-electron chi connectivity index (χ1n) is 11.9. The molecule has 2 heterocycles. The van der Waals surface area contributed by atoms with Gasteiger partial charge in [-0.1, -0.05) is 97.1 Å². The molecule has 6 rings (SSSR count). The second-order valence-electron chi connectivity index (χ2n) is 9.66. The van der Waals surface area contributed by atoms with Crippen LogP contribution in [-0.4, -0.2) is 12.1 Å². The fourth-order valence-electron chi connectivity index (χ4n) is 6.49. The maximum absolute atomic E-state index is 2.70. The van der Waals surface area contributed by atoms with E-state index in [0.717, 1.165) is 0 Å². The Bertz CT molecular complexity index is 1280. The Hall–Kier alpha value is -3.52. The van der Waals surface area contributed by atoms with Crippen molar-refractivity contribution in [3.63, 3.8) is 0 Å². The second kappa shape index (κ2) is 7.52. The number of nitrogens with zero attached hydrogens (tertiary/aromatic N) is 2. The molecule has 3 unspecified atom stereocenters. The molecule has 0 bridgehead atoms. The summed E-state index contributed by atoms with van der Waals surface area (Å²) < 4.78 is 0. The molecule has 4 aromatic carbocycles. The molecule has 1 saturated heterocycles. The van der Waals surface area contributed by atoms with Gasteiger partial charge in [0.05, 0.1) is 12.1 Å². The molecule has 1 fully saturated rings. The van der Waals surface area contributed by atoms with E-state index in [-0.39, 0.29) is 11.6 Å². The minimum absolute atomic E-state index is 0.109. The lowest BCUT2D eigenvalue weighted by molar-refractivity contribution is 0.441. The number of fused-ring (bicyclic) bond motifs is 3. The van der Waals surface area contributed by atoms with Gasteiger partial charge in [-0.05, 0) is 55.2 Å². The van der Waals surface area contributed by atoms with E-state index in [0.29, 0.717) is 12.1 Å². The fourth-order valence-corrected chi connectivity index (χ4v) is 6.49. The monoisotopic (exact) mass is 430 g/mol. The van der Waals surface area contributed by atoms with Gasteiger partial charge in [-0.25, -0.2) is 0 Å². The molecular formula is C31H30N2. The fraction of sp³-hybridized carbons (Fsp3) is 0.226. The molecule has 0 N–H and O–H groups in total. The average Bonchev–Trinajstić information content (AvgIpc) is 3.32. The lowest BCUT2D eigenvalue weighted by Gasteiger charge is -2.37. The van der Waals surface area contributed by atoms with Crippen LogP contribution in [0.4, 0.5) is 11.4 Å². The Morgan fingerprint density at radius 2 is 1.21 bits per heavy atom. The standard InChI is InChI=1S/C31H30N2/c1-22-14-10-12-20-27(22)32-23(2)29-31(3,25-17-8-5-9-18-25)26-19-11-13-21-28(26)33(29)30(32)24-15-6-4-7-16-24/h4-21,23,29-30H,1-3H3/t23-,29?,30?,31?/m0/s1. The molecule has 164 valence electrons. The maximum atomic E-state index is 2.70. The van der Waals surface area contributed by atoms with E-state index in [1.807, 2.05) is 0 Å². The summed E-state index contributed by atoms with van der Waals surface area (Å²) in [4.78, 5) is 5.36. The average molecular weight is 431 g/mol. The number of aryl methyl sites for hydroxylation is 1. The Kier molecular flexibility index (Phi) is 4.58. The normalized spacial score (nSPS) is 25.7. The van der Waals surface area contributed by atoms with Crippen molar-refractivity contribution in [3.8, 4) is 0 Å². The van der Waals surface area contributed by atoms with Gasteiger partial charge in [0.2, 0.25) is 0 Å². The largest absolute Gasteiger partial charge is 0.342 e. The zero-order valence-corrected chi connectivity index (χ0v) is 19.5. The van der Waals surface area contributed by atoms with Crippen molar-refractivity contribution >= 4 is 11.4 Å². The van der Waals surface area contributed by atoms with Crippen LogP contribution >= 0.6 is 0 Å². The van der Waals surface area contributed by atoms with E-state index in [1.54, 1.807) is 0 Å². The lowest BCUT2D eigenvalue weighted by atomic mass is 9.71. The highest BCUT2D eigenvalue weighted by Gasteiger charge is 2.59. The number of rotatable bonds is 3. The third kappa shape index (κ3) is 2.80. The van der Waals surface area contributed by atoms with E-state index in [2.05, 4.69) is 140 Å². The topological polar surface area (TPSA) is 6.48 Å². The van der Waals surface area contributed by atoms with Crippen molar-refractivity contribution in [2.24, 2.45) is 0 Å². The predicted octanol–water partition coefficient (Wildman–Crippen LogP) is 7.10. The zero-order valence-electron chi connectivity index (χ0n) is 19.5. The van der Waals surface area contributed by atoms with Gasteiger partial charge in [-0.15, -0.1) is 0 Å². The highest BCUT2D eigenvalue weighted by Crippen LogP contribution is 2.58. The molecule has 0 spiro atoms.